The van der Waals surface area contributed by atoms with Gasteiger partial charge in [0, 0.05) is 0 Å². The van der Waals surface area contributed by atoms with Gasteiger partial charge >= 0.3 is 0 Å². The van der Waals surface area contributed by atoms with E-state index in [2.05, 4.69) is 20.9 Å². The SMILES string of the molecule is Cc1cc(N=C=O)cc(Br)c1F. The predicted octanol–water partition coefficient (Wildman–Crippen LogP) is 2.86. The predicted molar refractivity (Wildman–Crippen MR) is 46.6 cm³/mol. The van der Waals surface area contributed by atoms with Gasteiger partial charge in [-0.25, -0.2) is 9.18 Å². The second-order valence-corrected chi connectivity index (χ2v) is 3.12. The van der Waals surface area contributed by atoms with Gasteiger partial charge in [-0.1, -0.05) is 0 Å². The highest BCUT2D eigenvalue weighted by Gasteiger charge is 2.04. The smallest absolute Gasteiger partial charge is 0.211 e. The van der Waals surface area contributed by atoms with E-state index in [-0.39, 0.29) is 5.82 Å². The molecule has 0 spiro atoms. The van der Waals surface area contributed by atoms with Gasteiger partial charge in [0.25, 0.3) is 0 Å². The van der Waals surface area contributed by atoms with Gasteiger partial charge in [-0.2, -0.15) is 4.99 Å². The molecule has 1 rings (SSSR count). The summed E-state index contributed by atoms with van der Waals surface area (Å²) in [6, 6.07) is 2.90. The molecule has 0 aromatic heterocycles. The molecule has 0 unspecified atom stereocenters. The minimum Gasteiger partial charge on any atom is -0.211 e. The molecule has 0 saturated heterocycles. The molecule has 0 saturated carbocycles. The molecule has 0 aliphatic rings. The van der Waals surface area contributed by atoms with Crippen LogP contribution in [0.1, 0.15) is 5.56 Å². The first-order valence-corrected chi connectivity index (χ1v) is 3.98. The number of hydrogen-bond acceptors (Lipinski definition) is 2. The first kappa shape index (κ1) is 9.10. The highest BCUT2D eigenvalue weighted by Crippen LogP contribution is 2.24. The topological polar surface area (TPSA) is 29.4 Å². The first-order valence-electron chi connectivity index (χ1n) is 3.18. The van der Waals surface area contributed by atoms with E-state index in [1.54, 1.807) is 6.92 Å². The lowest BCUT2D eigenvalue weighted by Crippen LogP contribution is -1.82. The van der Waals surface area contributed by atoms with Crippen molar-refractivity contribution in [2.24, 2.45) is 4.99 Å². The average molecular weight is 230 g/mol. The zero-order valence-corrected chi connectivity index (χ0v) is 7.85. The number of aryl methyl sites for hydroxylation is 1. The van der Waals surface area contributed by atoms with E-state index in [0.717, 1.165) is 0 Å². The van der Waals surface area contributed by atoms with E-state index in [0.29, 0.717) is 15.7 Å². The van der Waals surface area contributed by atoms with Crippen LogP contribution in [0.3, 0.4) is 0 Å². The number of carbonyl (C=O) groups excluding carboxylic acids is 1. The maximum Gasteiger partial charge on any atom is 0.240 e. The van der Waals surface area contributed by atoms with Crippen LogP contribution in [0.5, 0.6) is 0 Å². The van der Waals surface area contributed by atoms with Crippen molar-refractivity contribution in [3.63, 3.8) is 0 Å². The monoisotopic (exact) mass is 229 g/mol. The molecule has 12 heavy (non-hydrogen) atoms. The molecule has 1 aromatic rings. The molecule has 1 aromatic carbocycles. The summed E-state index contributed by atoms with van der Waals surface area (Å²) in [5.41, 5.74) is 0.842. The lowest BCUT2D eigenvalue weighted by atomic mass is 10.2. The maximum atomic E-state index is 13.0. The van der Waals surface area contributed by atoms with Gasteiger partial charge in [0.2, 0.25) is 6.08 Å². The largest absolute Gasteiger partial charge is 0.240 e. The summed E-state index contributed by atoms with van der Waals surface area (Å²) in [7, 11) is 0. The van der Waals surface area contributed by atoms with E-state index in [1.165, 1.54) is 18.2 Å². The van der Waals surface area contributed by atoms with Crippen molar-refractivity contribution in [3.05, 3.63) is 28.0 Å². The van der Waals surface area contributed by atoms with Gasteiger partial charge < -0.3 is 0 Å². The lowest BCUT2D eigenvalue weighted by molar-refractivity contribution is 0.565. The molecule has 0 radical (unpaired) electrons. The quantitative estimate of drug-likeness (QED) is 0.538. The Bertz CT molecular complexity index is 335. The zero-order valence-electron chi connectivity index (χ0n) is 6.27. The Balaban J connectivity index is 3.30. The van der Waals surface area contributed by atoms with Crippen LogP contribution >= 0.6 is 15.9 Å². The van der Waals surface area contributed by atoms with Gasteiger partial charge in [0.15, 0.2) is 0 Å². The Morgan fingerprint density at radius 2 is 2.25 bits per heavy atom. The van der Waals surface area contributed by atoms with Crippen LogP contribution in [0.25, 0.3) is 0 Å². The van der Waals surface area contributed by atoms with Crippen LogP contribution in [0.15, 0.2) is 21.6 Å². The third kappa shape index (κ3) is 1.78. The molecule has 0 heterocycles. The average Bonchev–Trinajstić information content (AvgIpc) is 2.01. The molecule has 0 bridgehead atoms. The van der Waals surface area contributed by atoms with Crippen LogP contribution in [-0.2, 0) is 4.79 Å². The normalized spacial score (nSPS) is 9.25. The Hall–Kier alpha value is -0.990. The summed E-state index contributed by atoms with van der Waals surface area (Å²) in [4.78, 5) is 13.2. The maximum absolute atomic E-state index is 13.0. The molecule has 0 aliphatic heterocycles. The molecule has 0 atom stereocenters. The number of benzene rings is 1. The fourth-order valence-corrected chi connectivity index (χ4v) is 1.37. The van der Waals surface area contributed by atoms with Gasteiger partial charge in [-0.3, -0.25) is 0 Å². The molecule has 0 fully saturated rings. The minimum atomic E-state index is -0.333. The van der Waals surface area contributed by atoms with E-state index in [9.17, 15) is 9.18 Å². The van der Waals surface area contributed by atoms with E-state index in [4.69, 9.17) is 0 Å². The first-order chi connectivity index (χ1) is 5.65. The van der Waals surface area contributed by atoms with E-state index < -0.39 is 0 Å². The lowest BCUT2D eigenvalue weighted by Gasteiger charge is -1.99. The van der Waals surface area contributed by atoms with Crippen molar-refractivity contribution >= 4 is 27.7 Å². The summed E-state index contributed by atoms with van der Waals surface area (Å²) in [6.07, 6.45) is 1.39. The molecular formula is C8H5BrFNO. The van der Waals surface area contributed by atoms with Crippen LogP contribution in [0.2, 0.25) is 0 Å². The fourth-order valence-electron chi connectivity index (χ4n) is 0.826. The van der Waals surface area contributed by atoms with Crippen LogP contribution < -0.4 is 0 Å². The van der Waals surface area contributed by atoms with E-state index in [1.807, 2.05) is 0 Å². The number of nitrogens with zero attached hydrogens (tertiary/aromatic N) is 1. The molecule has 0 amide bonds. The highest BCUT2D eigenvalue weighted by atomic mass is 79.9. The summed E-state index contributed by atoms with van der Waals surface area (Å²) < 4.78 is 13.3. The van der Waals surface area contributed by atoms with Crippen LogP contribution in [-0.4, -0.2) is 6.08 Å². The van der Waals surface area contributed by atoms with Crippen LogP contribution in [0, 0.1) is 12.7 Å². The molecule has 0 N–H and O–H groups in total. The standard InChI is InChI=1S/C8H5BrFNO/c1-5-2-6(11-4-12)3-7(9)8(5)10/h2-3H,1H3. The third-order valence-electron chi connectivity index (χ3n) is 1.37. The van der Waals surface area contributed by atoms with Crippen molar-refractivity contribution < 1.29 is 9.18 Å². The summed E-state index contributed by atoms with van der Waals surface area (Å²) in [6.45, 7) is 1.60. The van der Waals surface area contributed by atoms with Crippen molar-refractivity contribution in [3.8, 4) is 0 Å². The summed E-state index contributed by atoms with van der Waals surface area (Å²) in [5, 5.41) is 0. The third-order valence-corrected chi connectivity index (χ3v) is 1.95. The Labute approximate surface area is 77.3 Å². The number of rotatable bonds is 1. The van der Waals surface area contributed by atoms with Crippen LogP contribution in [0.4, 0.5) is 10.1 Å². The van der Waals surface area contributed by atoms with Crippen molar-refractivity contribution in [2.75, 3.05) is 0 Å². The van der Waals surface area contributed by atoms with E-state index >= 15 is 0 Å². The van der Waals surface area contributed by atoms with Gasteiger partial charge in [0.1, 0.15) is 5.82 Å². The number of aliphatic imine (C=N–C) groups is 1. The number of isocyanates is 1. The van der Waals surface area contributed by atoms with Crippen molar-refractivity contribution in [1.29, 1.82) is 0 Å². The molecular weight excluding hydrogens is 225 g/mol. The fraction of sp³-hybridized carbons (Fsp3) is 0.125. The second kappa shape index (κ2) is 3.61. The van der Waals surface area contributed by atoms with Gasteiger partial charge in [0.05, 0.1) is 10.2 Å². The van der Waals surface area contributed by atoms with Gasteiger partial charge in [-0.05, 0) is 40.5 Å². The summed E-state index contributed by atoms with van der Waals surface area (Å²) in [5.74, 6) is -0.333. The number of hydrogen-bond donors (Lipinski definition) is 0. The summed E-state index contributed by atoms with van der Waals surface area (Å²) >= 11 is 3.00. The van der Waals surface area contributed by atoms with Crippen molar-refractivity contribution in [1.82, 2.24) is 0 Å². The zero-order chi connectivity index (χ0) is 9.14. The minimum absolute atomic E-state index is 0.302. The molecule has 0 aliphatic carbocycles. The van der Waals surface area contributed by atoms with Crippen molar-refractivity contribution in [2.45, 2.75) is 6.92 Å². The molecule has 2 nitrogen and oxygen atoms in total. The Morgan fingerprint density at radius 1 is 1.58 bits per heavy atom. The van der Waals surface area contributed by atoms with Gasteiger partial charge in [-0.15, -0.1) is 0 Å². The second-order valence-electron chi connectivity index (χ2n) is 2.26. The Kier molecular flexibility index (Phi) is 2.74. The highest BCUT2D eigenvalue weighted by molar-refractivity contribution is 9.10. The Morgan fingerprint density at radius 3 is 2.75 bits per heavy atom. The molecule has 62 valence electrons. The number of halogens is 2. The molecule has 4 heteroatoms.